The summed E-state index contributed by atoms with van der Waals surface area (Å²) in [6.45, 7) is 15.0. The van der Waals surface area contributed by atoms with Crippen LogP contribution in [0, 0.1) is 0 Å². The van der Waals surface area contributed by atoms with Crippen LogP contribution in [-0.4, -0.2) is 49.2 Å². The van der Waals surface area contributed by atoms with E-state index in [1.165, 1.54) is 45.3 Å². The second kappa shape index (κ2) is 8.13. The van der Waals surface area contributed by atoms with Crippen molar-refractivity contribution in [1.82, 2.24) is 15.5 Å². The number of piperidine rings is 1. The number of likely N-dealkylation sites (tertiary alicyclic amines) is 1. The van der Waals surface area contributed by atoms with Crippen molar-refractivity contribution in [3.05, 3.63) is 0 Å². The molecule has 3 nitrogen and oxygen atoms in total. The van der Waals surface area contributed by atoms with Gasteiger partial charge in [0.1, 0.15) is 0 Å². The molecule has 0 amide bonds. The van der Waals surface area contributed by atoms with Crippen LogP contribution in [0.3, 0.4) is 0 Å². The summed E-state index contributed by atoms with van der Waals surface area (Å²) in [6, 6.07) is 0.740. The predicted molar refractivity (Wildman–Crippen MR) is 80.1 cm³/mol. The lowest BCUT2D eigenvalue weighted by atomic mass is 10.0. The molecule has 3 heteroatoms. The summed E-state index contributed by atoms with van der Waals surface area (Å²) < 4.78 is 0. The second-order valence-corrected chi connectivity index (χ2v) is 6.60. The Hall–Kier alpha value is -0.120. The van der Waals surface area contributed by atoms with Gasteiger partial charge in [0, 0.05) is 24.7 Å². The van der Waals surface area contributed by atoms with Gasteiger partial charge in [-0.3, -0.25) is 0 Å². The number of hydrogen-bond acceptors (Lipinski definition) is 3. The molecular weight excluding hydrogens is 222 g/mol. The first-order valence-corrected chi connectivity index (χ1v) is 7.72. The largest absolute Gasteiger partial charge is 0.313 e. The van der Waals surface area contributed by atoms with Gasteiger partial charge >= 0.3 is 0 Å². The fraction of sp³-hybridized carbons (Fsp3) is 1.00. The molecule has 0 atom stereocenters. The van der Waals surface area contributed by atoms with Crippen molar-refractivity contribution < 1.29 is 0 Å². The number of hydrogen-bond donors (Lipinski definition) is 2. The molecule has 108 valence electrons. The molecule has 1 aliphatic rings. The molecule has 0 radical (unpaired) electrons. The highest BCUT2D eigenvalue weighted by Gasteiger charge is 2.18. The molecule has 1 rings (SSSR count). The number of unbranched alkanes of at least 4 members (excludes halogenated alkanes) is 1. The van der Waals surface area contributed by atoms with E-state index >= 15 is 0 Å². The Kier molecular flexibility index (Phi) is 7.20. The van der Waals surface area contributed by atoms with E-state index in [2.05, 4.69) is 43.2 Å². The summed E-state index contributed by atoms with van der Waals surface area (Å²) in [6.07, 6.45) is 5.31. The van der Waals surface area contributed by atoms with Crippen LogP contribution in [0.4, 0.5) is 0 Å². The highest BCUT2D eigenvalue weighted by Crippen LogP contribution is 2.10. The zero-order chi connectivity index (χ0) is 13.4. The maximum atomic E-state index is 3.68. The smallest absolute Gasteiger partial charge is 0.00970 e. The molecule has 18 heavy (non-hydrogen) atoms. The topological polar surface area (TPSA) is 27.3 Å². The summed E-state index contributed by atoms with van der Waals surface area (Å²) in [5.41, 5.74) is 0.241. The van der Waals surface area contributed by atoms with Gasteiger partial charge < -0.3 is 15.5 Å². The van der Waals surface area contributed by atoms with E-state index in [0.717, 1.165) is 19.1 Å². The van der Waals surface area contributed by atoms with Crippen LogP contribution in [0.1, 0.15) is 53.4 Å². The Morgan fingerprint density at radius 3 is 2.33 bits per heavy atom. The maximum Gasteiger partial charge on any atom is 0.00970 e. The number of nitrogens with one attached hydrogen (secondary N) is 2. The molecule has 1 saturated heterocycles. The van der Waals surface area contributed by atoms with Crippen LogP contribution in [0.25, 0.3) is 0 Å². The van der Waals surface area contributed by atoms with Crippen LogP contribution in [-0.2, 0) is 0 Å². The molecule has 2 N–H and O–H groups in total. The van der Waals surface area contributed by atoms with Gasteiger partial charge in [0.05, 0.1) is 0 Å². The molecule has 0 aliphatic carbocycles. The van der Waals surface area contributed by atoms with Gasteiger partial charge in [-0.1, -0.05) is 13.3 Å². The molecule has 0 aromatic heterocycles. The minimum absolute atomic E-state index is 0.241. The Labute approximate surface area is 114 Å². The van der Waals surface area contributed by atoms with Crippen LogP contribution < -0.4 is 10.6 Å². The Morgan fingerprint density at radius 1 is 1.11 bits per heavy atom. The summed E-state index contributed by atoms with van der Waals surface area (Å²) in [5, 5.41) is 7.21. The normalized spacial score (nSPS) is 19.3. The average Bonchev–Trinajstić information content (AvgIpc) is 2.32. The zero-order valence-corrected chi connectivity index (χ0v) is 12.9. The van der Waals surface area contributed by atoms with E-state index in [0.29, 0.717) is 0 Å². The summed E-state index contributed by atoms with van der Waals surface area (Å²) in [7, 11) is 0. The molecule has 0 aromatic carbocycles. The molecule has 0 unspecified atom stereocenters. The molecule has 1 aliphatic heterocycles. The van der Waals surface area contributed by atoms with Crippen molar-refractivity contribution in [3.8, 4) is 0 Å². The SMILES string of the molecule is CCCCN1CCC(NCCNC(C)(C)C)CC1. The van der Waals surface area contributed by atoms with Gasteiger partial charge in [0.2, 0.25) is 0 Å². The Morgan fingerprint density at radius 2 is 1.78 bits per heavy atom. The third-order valence-electron chi connectivity index (χ3n) is 3.63. The van der Waals surface area contributed by atoms with Crippen molar-refractivity contribution in [3.63, 3.8) is 0 Å². The van der Waals surface area contributed by atoms with Gasteiger partial charge in [-0.15, -0.1) is 0 Å². The van der Waals surface area contributed by atoms with Crippen molar-refractivity contribution in [2.75, 3.05) is 32.7 Å². The third kappa shape index (κ3) is 7.34. The maximum absolute atomic E-state index is 3.68. The average molecular weight is 255 g/mol. The fourth-order valence-corrected chi connectivity index (χ4v) is 2.46. The van der Waals surface area contributed by atoms with Crippen LogP contribution >= 0.6 is 0 Å². The molecule has 1 heterocycles. The van der Waals surface area contributed by atoms with Crippen LogP contribution in [0.15, 0.2) is 0 Å². The highest BCUT2D eigenvalue weighted by molar-refractivity contribution is 4.78. The van der Waals surface area contributed by atoms with Crippen molar-refractivity contribution in [1.29, 1.82) is 0 Å². The van der Waals surface area contributed by atoms with Crippen molar-refractivity contribution >= 4 is 0 Å². The monoisotopic (exact) mass is 255 g/mol. The van der Waals surface area contributed by atoms with Gasteiger partial charge in [-0.25, -0.2) is 0 Å². The first-order valence-electron chi connectivity index (χ1n) is 7.72. The first kappa shape index (κ1) is 15.9. The Bertz CT molecular complexity index is 202. The fourth-order valence-electron chi connectivity index (χ4n) is 2.46. The molecule has 0 spiro atoms. The lowest BCUT2D eigenvalue weighted by Crippen LogP contribution is -2.46. The highest BCUT2D eigenvalue weighted by atomic mass is 15.1. The minimum Gasteiger partial charge on any atom is -0.313 e. The van der Waals surface area contributed by atoms with Crippen LogP contribution in [0.5, 0.6) is 0 Å². The minimum atomic E-state index is 0.241. The van der Waals surface area contributed by atoms with Crippen LogP contribution in [0.2, 0.25) is 0 Å². The van der Waals surface area contributed by atoms with E-state index in [9.17, 15) is 0 Å². The zero-order valence-electron chi connectivity index (χ0n) is 12.9. The number of nitrogens with zero attached hydrogens (tertiary/aromatic N) is 1. The van der Waals surface area contributed by atoms with Crippen molar-refractivity contribution in [2.45, 2.75) is 65.0 Å². The summed E-state index contributed by atoms with van der Waals surface area (Å²) in [4.78, 5) is 2.62. The molecular formula is C15H33N3. The van der Waals surface area contributed by atoms with E-state index in [-0.39, 0.29) is 5.54 Å². The van der Waals surface area contributed by atoms with Gasteiger partial charge in [-0.05, 0) is 59.7 Å². The standard InChI is InChI=1S/C15H33N3/c1-5-6-11-18-12-7-14(8-13-18)16-9-10-17-15(2,3)4/h14,16-17H,5-13H2,1-4H3. The van der Waals surface area contributed by atoms with Gasteiger partial charge in [-0.2, -0.15) is 0 Å². The molecule has 0 saturated carbocycles. The lowest BCUT2D eigenvalue weighted by molar-refractivity contribution is 0.195. The summed E-state index contributed by atoms with van der Waals surface area (Å²) >= 11 is 0. The molecule has 1 fully saturated rings. The third-order valence-corrected chi connectivity index (χ3v) is 3.63. The molecule has 0 bridgehead atoms. The lowest BCUT2D eigenvalue weighted by Gasteiger charge is -2.32. The van der Waals surface area contributed by atoms with Gasteiger partial charge in [0.15, 0.2) is 0 Å². The summed E-state index contributed by atoms with van der Waals surface area (Å²) in [5.74, 6) is 0. The second-order valence-electron chi connectivity index (χ2n) is 6.60. The number of rotatable bonds is 7. The van der Waals surface area contributed by atoms with Gasteiger partial charge in [0.25, 0.3) is 0 Å². The van der Waals surface area contributed by atoms with E-state index < -0.39 is 0 Å². The quantitative estimate of drug-likeness (QED) is 0.683. The first-order chi connectivity index (χ1) is 8.51. The van der Waals surface area contributed by atoms with E-state index in [1.807, 2.05) is 0 Å². The molecule has 0 aromatic rings. The van der Waals surface area contributed by atoms with E-state index in [4.69, 9.17) is 0 Å². The van der Waals surface area contributed by atoms with Crippen molar-refractivity contribution in [2.24, 2.45) is 0 Å². The Balaban J connectivity index is 2.02. The predicted octanol–water partition coefficient (Wildman–Crippen LogP) is 2.23. The van der Waals surface area contributed by atoms with E-state index in [1.54, 1.807) is 0 Å².